The van der Waals surface area contributed by atoms with E-state index >= 15 is 0 Å². The first-order chi connectivity index (χ1) is 7.50. The number of Topliss-reactive ketones (excluding diaryl/α,β-unsaturated/α-hetero) is 1. The van der Waals surface area contributed by atoms with Gasteiger partial charge < -0.3 is 5.11 Å². The van der Waals surface area contributed by atoms with Gasteiger partial charge in [-0.15, -0.1) is 0 Å². The molecule has 5 heteroatoms. The number of carbonyl (C=O) groups is 2. The number of carboxylic acid groups (broad SMARTS) is 1. The van der Waals surface area contributed by atoms with Gasteiger partial charge in [-0.1, -0.05) is 33.6 Å². The summed E-state index contributed by atoms with van der Waals surface area (Å²) >= 11 is 8.95. The van der Waals surface area contributed by atoms with Gasteiger partial charge in [-0.25, -0.2) is 0 Å². The molecule has 0 spiro atoms. The first kappa shape index (κ1) is 11.6. The number of alkyl halides is 1. The Morgan fingerprint density at radius 3 is 2.81 bits per heavy atom. The normalized spacial score (nSPS) is 24.0. The average molecular weight is 304 g/mol. The van der Waals surface area contributed by atoms with Crippen LogP contribution in [-0.2, 0) is 11.2 Å². The molecule has 84 valence electrons. The topological polar surface area (TPSA) is 54.4 Å². The summed E-state index contributed by atoms with van der Waals surface area (Å²) < 4.78 is 0. The van der Waals surface area contributed by atoms with Gasteiger partial charge in [-0.05, 0) is 24.1 Å². The lowest BCUT2D eigenvalue weighted by Gasteiger charge is -2.25. The Labute approximate surface area is 106 Å². The summed E-state index contributed by atoms with van der Waals surface area (Å²) in [5, 5.41) is 9.48. The monoisotopic (exact) mass is 302 g/mol. The molecular weight excluding hydrogens is 295 g/mol. The van der Waals surface area contributed by atoms with E-state index in [-0.39, 0.29) is 5.78 Å². The molecule has 0 aromatic heterocycles. The van der Waals surface area contributed by atoms with Crippen LogP contribution < -0.4 is 0 Å². The maximum Gasteiger partial charge on any atom is 0.308 e. The molecule has 2 unspecified atom stereocenters. The van der Waals surface area contributed by atoms with Gasteiger partial charge in [0, 0.05) is 10.6 Å². The van der Waals surface area contributed by atoms with E-state index < -0.39 is 16.7 Å². The second-order valence-electron chi connectivity index (χ2n) is 3.72. The van der Waals surface area contributed by atoms with Crippen LogP contribution in [-0.4, -0.2) is 21.7 Å². The third-order valence-corrected chi connectivity index (χ3v) is 3.99. The van der Waals surface area contributed by atoms with Crippen LogP contribution in [0.1, 0.15) is 15.9 Å². The summed E-state index contributed by atoms with van der Waals surface area (Å²) in [6.07, 6.45) is 0.351. The lowest BCUT2D eigenvalue weighted by Crippen LogP contribution is -2.36. The molecule has 2 atom stereocenters. The fourth-order valence-electron chi connectivity index (χ4n) is 1.84. The Bertz CT molecular complexity index is 472. The number of carbonyl (C=O) groups excluding carboxylic acids is 1. The van der Waals surface area contributed by atoms with E-state index in [2.05, 4.69) is 15.9 Å². The Morgan fingerprint density at radius 2 is 2.19 bits per heavy atom. The van der Waals surface area contributed by atoms with E-state index in [1.165, 1.54) is 0 Å². The molecule has 0 fully saturated rings. The molecule has 0 heterocycles. The van der Waals surface area contributed by atoms with Gasteiger partial charge in [0.1, 0.15) is 0 Å². The number of halogens is 2. The standard InChI is InChI=1S/C11H8BrClO3/c12-9-8(11(15)16)3-5-1-2-6(13)4-7(5)10(9)14/h1-2,4,8-9H,3H2,(H,15,16). The van der Waals surface area contributed by atoms with Gasteiger partial charge in [0.2, 0.25) is 0 Å². The minimum Gasteiger partial charge on any atom is -0.481 e. The second kappa shape index (κ2) is 4.18. The minimum absolute atomic E-state index is 0.212. The van der Waals surface area contributed by atoms with Crippen LogP contribution in [0.15, 0.2) is 18.2 Å². The highest BCUT2D eigenvalue weighted by Gasteiger charge is 2.37. The average Bonchev–Trinajstić information content (AvgIpc) is 2.23. The van der Waals surface area contributed by atoms with Crippen molar-refractivity contribution in [2.45, 2.75) is 11.2 Å². The molecule has 16 heavy (non-hydrogen) atoms. The second-order valence-corrected chi connectivity index (χ2v) is 5.14. The van der Waals surface area contributed by atoms with Crippen molar-refractivity contribution in [2.75, 3.05) is 0 Å². The molecule has 1 aromatic rings. The molecule has 2 rings (SSSR count). The molecule has 0 aliphatic heterocycles. The minimum atomic E-state index is -0.962. The Morgan fingerprint density at radius 1 is 1.50 bits per heavy atom. The van der Waals surface area contributed by atoms with Gasteiger partial charge >= 0.3 is 5.97 Å². The van der Waals surface area contributed by atoms with Crippen molar-refractivity contribution in [3.63, 3.8) is 0 Å². The van der Waals surface area contributed by atoms with Gasteiger partial charge in [-0.2, -0.15) is 0 Å². The molecule has 1 aromatic carbocycles. The number of aliphatic carboxylic acids is 1. The first-order valence-corrected chi connectivity index (χ1v) is 5.99. The maximum absolute atomic E-state index is 11.9. The molecule has 0 bridgehead atoms. The highest BCUT2D eigenvalue weighted by Crippen LogP contribution is 2.32. The summed E-state index contributed by atoms with van der Waals surface area (Å²) in [6.45, 7) is 0. The lowest BCUT2D eigenvalue weighted by atomic mass is 9.83. The van der Waals surface area contributed by atoms with Gasteiger partial charge in [0.25, 0.3) is 0 Å². The SMILES string of the molecule is O=C1c2cc(Cl)ccc2CC(C(=O)O)C1Br. The van der Waals surface area contributed by atoms with Gasteiger partial charge in [0.05, 0.1) is 10.7 Å². The summed E-state index contributed by atoms with van der Waals surface area (Å²) in [4.78, 5) is 22.2. The maximum atomic E-state index is 11.9. The zero-order chi connectivity index (χ0) is 11.9. The van der Waals surface area contributed by atoms with Crippen LogP contribution in [0, 0.1) is 5.92 Å². The summed E-state index contributed by atoms with van der Waals surface area (Å²) in [7, 11) is 0. The fourth-order valence-corrected chi connectivity index (χ4v) is 2.67. The number of carboxylic acids is 1. The van der Waals surface area contributed by atoms with E-state index in [1.807, 2.05) is 0 Å². The van der Waals surface area contributed by atoms with Crippen molar-refractivity contribution in [2.24, 2.45) is 5.92 Å². The predicted molar refractivity (Wildman–Crippen MR) is 63.3 cm³/mol. The Balaban J connectivity index is 2.48. The lowest BCUT2D eigenvalue weighted by molar-refractivity contribution is -0.141. The zero-order valence-corrected chi connectivity index (χ0v) is 10.5. The Kier molecular flexibility index (Phi) is 3.04. The van der Waals surface area contributed by atoms with Crippen molar-refractivity contribution in [3.8, 4) is 0 Å². The summed E-state index contributed by atoms with van der Waals surface area (Å²) in [6, 6.07) is 4.97. The van der Waals surface area contributed by atoms with Crippen molar-refractivity contribution in [3.05, 3.63) is 34.3 Å². The molecule has 1 N–H and O–H groups in total. The van der Waals surface area contributed by atoms with Crippen LogP contribution in [0.25, 0.3) is 0 Å². The number of benzene rings is 1. The van der Waals surface area contributed by atoms with Crippen molar-refractivity contribution in [1.29, 1.82) is 0 Å². The highest BCUT2D eigenvalue weighted by atomic mass is 79.9. The molecule has 3 nitrogen and oxygen atoms in total. The van der Waals surface area contributed by atoms with Crippen LogP contribution in [0.2, 0.25) is 5.02 Å². The molecule has 1 aliphatic carbocycles. The number of hydrogen-bond donors (Lipinski definition) is 1. The smallest absolute Gasteiger partial charge is 0.308 e. The first-order valence-electron chi connectivity index (χ1n) is 4.70. The molecule has 1 aliphatic rings. The molecule has 0 radical (unpaired) electrons. The molecular formula is C11H8BrClO3. The van der Waals surface area contributed by atoms with Crippen molar-refractivity contribution < 1.29 is 14.7 Å². The van der Waals surface area contributed by atoms with Gasteiger partial charge in [-0.3, -0.25) is 9.59 Å². The van der Waals surface area contributed by atoms with E-state index in [9.17, 15) is 9.59 Å². The largest absolute Gasteiger partial charge is 0.481 e. The third kappa shape index (κ3) is 1.87. The van der Waals surface area contributed by atoms with Crippen LogP contribution in [0.3, 0.4) is 0 Å². The number of fused-ring (bicyclic) bond motifs is 1. The molecule has 0 saturated heterocycles. The molecule has 0 amide bonds. The van der Waals surface area contributed by atoms with E-state index in [1.54, 1.807) is 18.2 Å². The van der Waals surface area contributed by atoms with Gasteiger partial charge in [0.15, 0.2) is 5.78 Å². The van der Waals surface area contributed by atoms with Crippen LogP contribution in [0.4, 0.5) is 0 Å². The third-order valence-electron chi connectivity index (χ3n) is 2.70. The predicted octanol–water partition coefficient (Wildman–Crippen LogP) is 2.54. The quantitative estimate of drug-likeness (QED) is 0.811. The van der Waals surface area contributed by atoms with Crippen molar-refractivity contribution in [1.82, 2.24) is 0 Å². The van der Waals surface area contributed by atoms with E-state index in [0.717, 1.165) is 5.56 Å². The molecule has 0 saturated carbocycles. The summed E-state index contributed by atoms with van der Waals surface area (Å²) in [5.74, 6) is -1.88. The van der Waals surface area contributed by atoms with Crippen LogP contribution in [0.5, 0.6) is 0 Å². The number of hydrogen-bond acceptors (Lipinski definition) is 2. The number of ketones is 1. The Hall–Kier alpha value is -0.870. The highest BCUT2D eigenvalue weighted by molar-refractivity contribution is 9.10. The summed E-state index contributed by atoms with van der Waals surface area (Å²) in [5.41, 5.74) is 1.27. The van der Waals surface area contributed by atoms with E-state index in [0.29, 0.717) is 17.0 Å². The van der Waals surface area contributed by atoms with Crippen molar-refractivity contribution >= 4 is 39.3 Å². The van der Waals surface area contributed by atoms with E-state index in [4.69, 9.17) is 16.7 Å². The zero-order valence-electron chi connectivity index (χ0n) is 8.11. The fraction of sp³-hybridized carbons (Fsp3) is 0.273. The number of rotatable bonds is 1. The van der Waals surface area contributed by atoms with Crippen LogP contribution >= 0.6 is 27.5 Å².